The summed E-state index contributed by atoms with van der Waals surface area (Å²) in [7, 11) is 0. The van der Waals surface area contributed by atoms with Gasteiger partial charge in [-0.15, -0.1) is 10.2 Å². The molecule has 2 rings (SSSR count). The molecule has 148 valence electrons. The van der Waals surface area contributed by atoms with Crippen LogP contribution in [0.2, 0.25) is 0 Å². The Bertz CT molecular complexity index is 723. The number of amides is 1. The highest BCUT2D eigenvalue weighted by molar-refractivity contribution is 8.00. The van der Waals surface area contributed by atoms with E-state index >= 15 is 0 Å². The molecule has 27 heavy (non-hydrogen) atoms. The van der Waals surface area contributed by atoms with Gasteiger partial charge in [-0.2, -0.15) is 0 Å². The van der Waals surface area contributed by atoms with Crippen molar-refractivity contribution in [1.29, 1.82) is 0 Å². The lowest BCUT2D eigenvalue weighted by atomic mass is 9.87. The molecule has 1 aromatic heterocycles. The number of thioether (sulfide) groups is 1. The van der Waals surface area contributed by atoms with Crippen LogP contribution in [0.15, 0.2) is 33.9 Å². The maximum atomic E-state index is 12.1. The maximum absolute atomic E-state index is 12.1. The molecule has 0 radical (unpaired) electrons. The van der Waals surface area contributed by atoms with Crippen molar-refractivity contribution in [2.75, 3.05) is 19.8 Å². The van der Waals surface area contributed by atoms with Crippen molar-refractivity contribution < 1.29 is 13.9 Å². The van der Waals surface area contributed by atoms with E-state index in [0.29, 0.717) is 30.9 Å². The first-order valence-electron chi connectivity index (χ1n) is 9.27. The van der Waals surface area contributed by atoms with Crippen LogP contribution in [-0.4, -0.2) is 41.1 Å². The fourth-order valence-electron chi connectivity index (χ4n) is 2.37. The Hall–Kier alpha value is -1.86. The number of carbonyl (C=O) groups is 1. The summed E-state index contributed by atoms with van der Waals surface area (Å²) in [4.78, 5) is 12.1. The minimum atomic E-state index is -0.311. The second kappa shape index (κ2) is 9.90. The summed E-state index contributed by atoms with van der Waals surface area (Å²) in [6, 6.07) is 8.11. The highest BCUT2D eigenvalue weighted by atomic mass is 32.2. The fraction of sp³-hybridized carbons (Fsp3) is 0.550. The summed E-state index contributed by atoms with van der Waals surface area (Å²) in [5.74, 6) is 0.410. The molecule has 0 fully saturated rings. The standard InChI is InChI=1S/C20H29N3O3S/c1-6-25-13-7-12-21-17(24)14(2)27-19-23-22-18(26-19)15-8-10-16(11-9-15)20(3,4)5/h8-11,14H,6-7,12-13H2,1-5H3,(H,21,24). The third-order valence-corrected chi connectivity index (χ3v) is 4.95. The Morgan fingerprint density at radius 3 is 2.59 bits per heavy atom. The van der Waals surface area contributed by atoms with Crippen molar-refractivity contribution in [3.05, 3.63) is 29.8 Å². The van der Waals surface area contributed by atoms with Gasteiger partial charge in [-0.1, -0.05) is 44.7 Å². The van der Waals surface area contributed by atoms with Gasteiger partial charge in [0.05, 0.1) is 5.25 Å². The van der Waals surface area contributed by atoms with Crippen LogP contribution in [0.1, 0.15) is 46.6 Å². The van der Waals surface area contributed by atoms with Crippen LogP contribution in [0.4, 0.5) is 0 Å². The first-order valence-corrected chi connectivity index (χ1v) is 10.2. The van der Waals surface area contributed by atoms with E-state index in [2.05, 4.69) is 48.4 Å². The van der Waals surface area contributed by atoms with Gasteiger partial charge in [-0.05, 0) is 43.4 Å². The third-order valence-electron chi connectivity index (χ3n) is 4.02. The van der Waals surface area contributed by atoms with Gasteiger partial charge in [0.25, 0.3) is 5.22 Å². The van der Waals surface area contributed by atoms with Crippen LogP contribution in [0.25, 0.3) is 11.5 Å². The summed E-state index contributed by atoms with van der Waals surface area (Å²) in [6.45, 7) is 12.2. The lowest BCUT2D eigenvalue weighted by Gasteiger charge is -2.18. The second-order valence-electron chi connectivity index (χ2n) is 7.30. The predicted molar refractivity (Wildman–Crippen MR) is 108 cm³/mol. The van der Waals surface area contributed by atoms with E-state index in [-0.39, 0.29) is 16.6 Å². The van der Waals surface area contributed by atoms with Crippen LogP contribution in [0.3, 0.4) is 0 Å². The first kappa shape index (κ1) is 21.4. The number of ether oxygens (including phenoxy) is 1. The fourth-order valence-corrected chi connectivity index (χ4v) is 3.07. The van der Waals surface area contributed by atoms with Crippen molar-refractivity contribution >= 4 is 17.7 Å². The molecule has 1 heterocycles. The van der Waals surface area contributed by atoms with Crippen molar-refractivity contribution in [1.82, 2.24) is 15.5 Å². The third kappa shape index (κ3) is 6.66. The largest absolute Gasteiger partial charge is 0.411 e. The Labute approximate surface area is 165 Å². The Morgan fingerprint density at radius 1 is 1.26 bits per heavy atom. The molecule has 6 nitrogen and oxygen atoms in total. The maximum Gasteiger partial charge on any atom is 0.277 e. The molecule has 2 aromatic rings. The first-order chi connectivity index (χ1) is 12.8. The molecule has 0 saturated heterocycles. The second-order valence-corrected chi connectivity index (χ2v) is 8.59. The van der Waals surface area contributed by atoms with Gasteiger partial charge in [0.15, 0.2) is 0 Å². The number of nitrogens with zero attached hydrogens (tertiary/aromatic N) is 2. The van der Waals surface area contributed by atoms with E-state index in [4.69, 9.17) is 9.15 Å². The van der Waals surface area contributed by atoms with E-state index in [1.165, 1.54) is 17.3 Å². The monoisotopic (exact) mass is 391 g/mol. The van der Waals surface area contributed by atoms with E-state index in [1.807, 2.05) is 26.0 Å². The van der Waals surface area contributed by atoms with E-state index in [0.717, 1.165) is 12.0 Å². The Kier molecular flexibility index (Phi) is 7.86. The van der Waals surface area contributed by atoms with Gasteiger partial charge < -0.3 is 14.5 Å². The number of carbonyl (C=O) groups excluding carboxylic acids is 1. The van der Waals surface area contributed by atoms with Gasteiger partial charge in [-0.25, -0.2) is 0 Å². The minimum Gasteiger partial charge on any atom is -0.411 e. The zero-order valence-electron chi connectivity index (χ0n) is 16.7. The van der Waals surface area contributed by atoms with Crippen LogP contribution in [-0.2, 0) is 14.9 Å². The number of benzene rings is 1. The average molecular weight is 392 g/mol. The highest BCUT2D eigenvalue weighted by Crippen LogP contribution is 2.28. The van der Waals surface area contributed by atoms with Gasteiger partial charge in [0.1, 0.15) is 0 Å². The number of hydrogen-bond donors (Lipinski definition) is 1. The topological polar surface area (TPSA) is 77.2 Å². The van der Waals surface area contributed by atoms with Crippen molar-refractivity contribution in [2.45, 2.75) is 56.9 Å². The van der Waals surface area contributed by atoms with E-state index in [1.54, 1.807) is 0 Å². The van der Waals surface area contributed by atoms with Gasteiger partial charge >= 0.3 is 0 Å². The summed E-state index contributed by atoms with van der Waals surface area (Å²) < 4.78 is 11.0. The quantitative estimate of drug-likeness (QED) is 0.513. The normalized spacial score (nSPS) is 12.8. The molecular weight excluding hydrogens is 362 g/mol. The van der Waals surface area contributed by atoms with E-state index in [9.17, 15) is 4.79 Å². The zero-order chi connectivity index (χ0) is 19.9. The number of nitrogens with one attached hydrogen (secondary N) is 1. The molecule has 0 aliphatic carbocycles. The summed E-state index contributed by atoms with van der Waals surface area (Å²) in [6.07, 6.45) is 0.798. The minimum absolute atomic E-state index is 0.0502. The molecule has 1 aromatic carbocycles. The van der Waals surface area contributed by atoms with Crippen molar-refractivity contribution in [2.24, 2.45) is 0 Å². The van der Waals surface area contributed by atoms with Crippen molar-refractivity contribution in [3.8, 4) is 11.5 Å². The molecule has 0 spiro atoms. The van der Waals surface area contributed by atoms with Crippen LogP contribution >= 0.6 is 11.8 Å². The Balaban J connectivity index is 1.88. The van der Waals surface area contributed by atoms with Gasteiger partial charge in [0.2, 0.25) is 11.8 Å². The summed E-state index contributed by atoms with van der Waals surface area (Å²) >= 11 is 1.26. The molecule has 1 atom stereocenters. The molecule has 0 bridgehead atoms. The molecule has 0 aliphatic heterocycles. The summed E-state index contributed by atoms with van der Waals surface area (Å²) in [5, 5.41) is 11.1. The molecule has 1 N–H and O–H groups in total. The number of hydrogen-bond acceptors (Lipinski definition) is 6. The van der Waals surface area contributed by atoms with Crippen LogP contribution in [0, 0.1) is 0 Å². The lowest BCUT2D eigenvalue weighted by Crippen LogP contribution is -2.32. The number of rotatable bonds is 9. The van der Waals surface area contributed by atoms with Gasteiger partial charge in [-0.3, -0.25) is 4.79 Å². The van der Waals surface area contributed by atoms with Gasteiger partial charge in [0, 0.05) is 25.3 Å². The molecular formula is C20H29N3O3S. The Morgan fingerprint density at radius 2 is 1.96 bits per heavy atom. The molecule has 0 aliphatic rings. The predicted octanol–water partition coefficient (Wildman–Crippen LogP) is 4.06. The highest BCUT2D eigenvalue weighted by Gasteiger charge is 2.19. The molecule has 1 amide bonds. The van der Waals surface area contributed by atoms with E-state index < -0.39 is 0 Å². The SMILES string of the molecule is CCOCCCNC(=O)C(C)Sc1nnc(-c2ccc(C(C)(C)C)cc2)o1. The van der Waals surface area contributed by atoms with Crippen LogP contribution < -0.4 is 5.32 Å². The molecule has 1 unspecified atom stereocenters. The lowest BCUT2D eigenvalue weighted by molar-refractivity contribution is -0.120. The van der Waals surface area contributed by atoms with Crippen LogP contribution in [0.5, 0.6) is 0 Å². The molecule has 0 saturated carbocycles. The average Bonchev–Trinajstić information content (AvgIpc) is 3.09. The summed E-state index contributed by atoms with van der Waals surface area (Å²) in [5.41, 5.74) is 2.21. The number of aromatic nitrogens is 2. The van der Waals surface area contributed by atoms with Crippen molar-refractivity contribution in [3.63, 3.8) is 0 Å². The molecule has 7 heteroatoms. The smallest absolute Gasteiger partial charge is 0.277 e. The zero-order valence-corrected chi connectivity index (χ0v) is 17.6.